The first-order valence-electron chi connectivity index (χ1n) is 6.62. The molecule has 5 N–H and O–H groups in total. The maximum Gasteiger partial charge on any atom is 0.132 e. The third-order valence-corrected chi connectivity index (χ3v) is 4.93. The van der Waals surface area contributed by atoms with Crippen LogP contribution in [0.3, 0.4) is 0 Å². The van der Waals surface area contributed by atoms with Crippen LogP contribution in [0, 0.1) is 6.20 Å². The number of nitrogens with two attached hydrogens (primary N) is 1. The minimum atomic E-state index is -2.76. The molecule has 3 aromatic rings. The fraction of sp³-hybridized carbons (Fsp3) is 0.0667. The van der Waals surface area contributed by atoms with Crippen molar-refractivity contribution in [2.75, 3.05) is 10.5 Å². The Hall–Kier alpha value is -2.35. The van der Waals surface area contributed by atoms with Gasteiger partial charge in [0.2, 0.25) is 0 Å². The Labute approximate surface area is 128 Å². The SMILES string of the molecule is Nc1ncc(-c2ccc3c(c2)CS(O)(O)N3)c2n[c]ccc12. The highest BCUT2D eigenvalue weighted by atomic mass is 32.3. The summed E-state index contributed by atoms with van der Waals surface area (Å²) >= 11 is 0. The van der Waals surface area contributed by atoms with Gasteiger partial charge < -0.3 is 5.73 Å². The molecule has 1 radical (unpaired) electrons. The Kier molecular flexibility index (Phi) is 2.77. The summed E-state index contributed by atoms with van der Waals surface area (Å²) in [5, 5.41) is 0.777. The van der Waals surface area contributed by atoms with E-state index in [2.05, 4.69) is 20.9 Å². The third-order valence-electron chi connectivity index (χ3n) is 3.67. The maximum atomic E-state index is 9.77. The molecule has 0 fully saturated rings. The lowest BCUT2D eigenvalue weighted by atomic mass is 10.0. The average molecular weight is 313 g/mol. The van der Waals surface area contributed by atoms with E-state index in [0.717, 1.165) is 33.3 Å². The minimum Gasteiger partial charge on any atom is -0.383 e. The van der Waals surface area contributed by atoms with E-state index in [4.69, 9.17) is 5.73 Å². The fourth-order valence-corrected chi connectivity index (χ4v) is 3.95. The van der Waals surface area contributed by atoms with Gasteiger partial charge in [0.25, 0.3) is 0 Å². The number of nitrogens with one attached hydrogen (secondary N) is 1. The first-order valence-corrected chi connectivity index (χ1v) is 8.33. The lowest BCUT2D eigenvalue weighted by molar-refractivity contribution is 0.496. The van der Waals surface area contributed by atoms with Crippen LogP contribution in [0.25, 0.3) is 22.0 Å². The smallest absolute Gasteiger partial charge is 0.132 e. The van der Waals surface area contributed by atoms with Crippen molar-refractivity contribution in [3.63, 3.8) is 0 Å². The Bertz CT molecular complexity index is 898. The van der Waals surface area contributed by atoms with Gasteiger partial charge in [-0.3, -0.25) is 13.8 Å². The standard InChI is InChI=1S/C15H13N4O2S/c16-15-11-2-1-5-17-14(11)12(7-18-15)9-3-4-13-10(6-9)8-22(20,21)19-13/h1-4,6-7,19-21H,8H2,(H2,16,18). The predicted octanol–water partition coefficient (Wildman–Crippen LogP) is 3.27. The monoisotopic (exact) mass is 313 g/mol. The van der Waals surface area contributed by atoms with Crippen LogP contribution in [0.15, 0.2) is 36.5 Å². The zero-order valence-corrected chi connectivity index (χ0v) is 12.3. The fourth-order valence-electron chi connectivity index (χ4n) is 2.66. The number of hydrogen-bond acceptors (Lipinski definition) is 6. The second kappa shape index (κ2) is 4.57. The number of nitrogens with zero attached hydrogens (tertiary/aromatic N) is 2. The van der Waals surface area contributed by atoms with Gasteiger partial charge in [-0.05, 0) is 35.4 Å². The molecule has 0 bridgehead atoms. The molecule has 0 saturated carbocycles. The molecular formula is C15H13N4O2S. The van der Waals surface area contributed by atoms with Crippen molar-refractivity contribution >= 4 is 33.2 Å². The van der Waals surface area contributed by atoms with Gasteiger partial charge in [0.05, 0.1) is 23.2 Å². The Balaban J connectivity index is 1.89. The molecule has 7 heteroatoms. The molecule has 22 heavy (non-hydrogen) atoms. The minimum absolute atomic E-state index is 0.204. The van der Waals surface area contributed by atoms with Crippen LogP contribution in [0.5, 0.6) is 0 Å². The van der Waals surface area contributed by atoms with Crippen molar-refractivity contribution in [3.05, 3.63) is 48.3 Å². The number of benzene rings is 1. The van der Waals surface area contributed by atoms with Gasteiger partial charge in [-0.1, -0.05) is 6.07 Å². The molecule has 1 aromatic carbocycles. The molecule has 1 aliphatic heterocycles. The molecule has 0 atom stereocenters. The highest BCUT2D eigenvalue weighted by Crippen LogP contribution is 2.51. The van der Waals surface area contributed by atoms with Gasteiger partial charge in [0.15, 0.2) is 0 Å². The average Bonchev–Trinajstić information content (AvgIpc) is 2.81. The van der Waals surface area contributed by atoms with Crippen molar-refractivity contribution in [1.29, 1.82) is 0 Å². The van der Waals surface area contributed by atoms with Crippen LogP contribution in [0.2, 0.25) is 0 Å². The van der Waals surface area contributed by atoms with Crippen molar-refractivity contribution in [3.8, 4) is 11.1 Å². The van der Waals surface area contributed by atoms with Crippen molar-refractivity contribution in [1.82, 2.24) is 9.97 Å². The lowest BCUT2D eigenvalue weighted by Gasteiger charge is -2.26. The van der Waals surface area contributed by atoms with Crippen LogP contribution in [0.1, 0.15) is 5.56 Å². The topological polar surface area (TPSA) is 104 Å². The van der Waals surface area contributed by atoms with Crippen LogP contribution >= 0.6 is 10.8 Å². The molecule has 6 nitrogen and oxygen atoms in total. The molecule has 1 aliphatic rings. The van der Waals surface area contributed by atoms with E-state index in [0.29, 0.717) is 5.82 Å². The number of rotatable bonds is 1. The van der Waals surface area contributed by atoms with Crippen molar-refractivity contribution in [2.45, 2.75) is 5.75 Å². The van der Waals surface area contributed by atoms with Gasteiger partial charge in [-0.2, -0.15) is 0 Å². The first-order chi connectivity index (χ1) is 10.5. The van der Waals surface area contributed by atoms with E-state index in [9.17, 15) is 9.11 Å². The summed E-state index contributed by atoms with van der Waals surface area (Å²) in [6, 6.07) is 9.19. The summed E-state index contributed by atoms with van der Waals surface area (Å²) in [5.74, 6) is 0.632. The second-order valence-corrected chi connectivity index (χ2v) is 7.01. The molecule has 0 aliphatic carbocycles. The zero-order valence-electron chi connectivity index (χ0n) is 11.4. The normalized spacial score (nSPS) is 17.0. The molecule has 0 spiro atoms. The van der Waals surface area contributed by atoms with Gasteiger partial charge in [-0.15, -0.1) is 10.8 Å². The summed E-state index contributed by atoms with van der Waals surface area (Å²) in [7, 11) is -2.76. The summed E-state index contributed by atoms with van der Waals surface area (Å²) in [6.45, 7) is 0. The van der Waals surface area contributed by atoms with Gasteiger partial charge in [-0.25, -0.2) is 9.97 Å². The van der Waals surface area contributed by atoms with E-state index in [-0.39, 0.29) is 5.75 Å². The number of fused-ring (bicyclic) bond motifs is 2. The molecular weight excluding hydrogens is 300 g/mol. The van der Waals surface area contributed by atoms with E-state index in [1.165, 1.54) is 0 Å². The van der Waals surface area contributed by atoms with Crippen LogP contribution < -0.4 is 10.5 Å². The van der Waals surface area contributed by atoms with E-state index in [1.807, 2.05) is 24.3 Å². The molecule has 0 saturated heterocycles. The lowest BCUT2D eigenvalue weighted by Crippen LogP contribution is -2.01. The predicted molar refractivity (Wildman–Crippen MR) is 88.4 cm³/mol. The summed E-state index contributed by atoms with van der Waals surface area (Å²) in [6.07, 6.45) is 4.50. The zero-order chi connectivity index (χ0) is 15.3. The van der Waals surface area contributed by atoms with Crippen LogP contribution in [0.4, 0.5) is 11.5 Å². The van der Waals surface area contributed by atoms with E-state index in [1.54, 1.807) is 12.3 Å². The second-order valence-electron chi connectivity index (χ2n) is 5.18. The van der Waals surface area contributed by atoms with Gasteiger partial charge in [0.1, 0.15) is 5.82 Å². The summed E-state index contributed by atoms with van der Waals surface area (Å²) in [4.78, 5) is 8.51. The largest absolute Gasteiger partial charge is 0.383 e. The quantitative estimate of drug-likeness (QED) is 0.549. The van der Waals surface area contributed by atoms with Gasteiger partial charge >= 0.3 is 0 Å². The Morgan fingerprint density at radius 2 is 2.14 bits per heavy atom. The highest BCUT2D eigenvalue weighted by molar-refractivity contribution is 8.25. The maximum absolute atomic E-state index is 9.77. The Morgan fingerprint density at radius 1 is 1.27 bits per heavy atom. The number of anilines is 2. The summed E-state index contributed by atoms with van der Waals surface area (Å²) < 4.78 is 22.3. The van der Waals surface area contributed by atoms with Crippen molar-refractivity contribution in [2.24, 2.45) is 0 Å². The van der Waals surface area contributed by atoms with Gasteiger partial charge in [0, 0.05) is 17.1 Å². The van der Waals surface area contributed by atoms with Crippen molar-refractivity contribution < 1.29 is 9.11 Å². The summed E-state index contributed by atoms with van der Waals surface area (Å²) in [5.41, 5.74) is 9.97. The number of nitrogen functional groups attached to an aromatic ring is 1. The van der Waals surface area contributed by atoms with E-state index >= 15 is 0 Å². The highest BCUT2D eigenvalue weighted by Gasteiger charge is 2.24. The molecule has 0 unspecified atom stereocenters. The van der Waals surface area contributed by atoms with Crippen LogP contribution in [-0.4, -0.2) is 19.1 Å². The Morgan fingerprint density at radius 3 is 3.00 bits per heavy atom. The van der Waals surface area contributed by atoms with Crippen LogP contribution in [-0.2, 0) is 5.75 Å². The van der Waals surface area contributed by atoms with E-state index < -0.39 is 10.8 Å². The third kappa shape index (κ3) is 2.07. The number of hydrogen-bond donors (Lipinski definition) is 4. The first kappa shape index (κ1) is 13.3. The molecule has 111 valence electrons. The molecule has 2 aromatic heterocycles. The molecule has 0 amide bonds. The number of pyridine rings is 2. The number of aromatic nitrogens is 2. The molecule has 4 rings (SSSR count). The molecule has 3 heterocycles.